The predicted octanol–water partition coefficient (Wildman–Crippen LogP) is 5.56. The van der Waals surface area contributed by atoms with Crippen molar-refractivity contribution in [1.29, 1.82) is 0 Å². The van der Waals surface area contributed by atoms with E-state index in [2.05, 4.69) is 26.6 Å². The van der Waals surface area contributed by atoms with Crippen LogP contribution in [-0.2, 0) is 11.3 Å². The van der Waals surface area contributed by atoms with Crippen molar-refractivity contribution in [3.63, 3.8) is 0 Å². The summed E-state index contributed by atoms with van der Waals surface area (Å²) < 4.78 is 23.6. The number of benzene rings is 3. The van der Waals surface area contributed by atoms with Gasteiger partial charge in [-0.2, -0.15) is 0 Å². The summed E-state index contributed by atoms with van der Waals surface area (Å²) >= 11 is 3.61. The van der Waals surface area contributed by atoms with E-state index in [9.17, 15) is 4.79 Å². The number of aryl methyl sites for hydroxylation is 1. The Bertz CT molecular complexity index is 1150. The van der Waals surface area contributed by atoms with Gasteiger partial charge in [-0.15, -0.1) is 0 Å². The lowest BCUT2D eigenvalue weighted by molar-refractivity contribution is -0.118. The molecule has 3 aromatic rings. The lowest BCUT2D eigenvalue weighted by Gasteiger charge is -2.19. The van der Waals surface area contributed by atoms with Crippen molar-refractivity contribution >= 4 is 33.2 Å². The van der Waals surface area contributed by atoms with Gasteiger partial charge in [-0.3, -0.25) is 4.79 Å². The molecule has 1 aliphatic heterocycles. The van der Waals surface area contributed by atoms with Gasteiger partial charge in [-0.1, -0.05) is 33.6 Å². The van der Waals surface area contributed by atoms with Crippen LogP contribution < -0.4 is 29.6 Å². The van der Waals surface area contributed by atoms with Gasteiger partial charge < -0.3 is 29.6 Å². The fourth-order valence-electron chi connectivity index (χ4n) is 3.42. The number of carbonyl (C=O) groups excluding carboxylic acids is 1. The second-order valence-electron chi connectivity index (χ2n) is 7.74. The maximum Gasteiger partial charge on any atom is 0.262 e. The molecule has 34 heavy (non-hydrogen) atoms. The molecule has 0 aromatic heterocycles. The molecule has 1 aliphatic rings. The van der Waals surface area contributed by atoms with E-state index in [-0.39, 0.29) is 12.5 Å². The van der Waals surface area contributed by atoms with E-state index in [1.54, 1.807) is 0 Å². The van der Waals surface area contributed by atoms with Gasteiger partial charge in [0.1, 0.15) is 13.2 Å². The molecule has 0 fully saturated rings. The highest BCUT2D eigenvalue weighted by Crippen LogP contribution is 2.36. The minimum absolute atomic E-state index is 0.130. The fourth-order valence-corrected chi connectivity index (χ4v) is 3.88. The summed E-state index contributed by atoms with van der Waals surface area (Å²) in [5.41, 5.74) is 3.76. The van der Waals surface area contributed by atoms with Crippen LogP contribution in [0.25, 0.3) is 0 Å². The lowest BCUT2D eigenvalue weighted by Crippen LogP contribution is -2.20. The van der Waals surface area contributed by atoms with E-state index in [0.29, 0.717) is 37.9 Å². The summed E-state index contributed by atoms with van der Waals surface area (Å²) in [4.78, 5) is 12.3. The molecule has 178 valence electrons. The van der Waals surface area contributed by atoms with Gasteiger partial charge in [-0.25, -0.2) is 0 Å². The summed E-state index contributed by atoms with van der Waals surface area (Å²) in [6.07, 6.45) is 0. The summed E-state index contributed by atoms with van der Waals surface area (Å²) in [6, 6.07) is 17.1. The number of fused-ring (bicyclic) bond motifs is 1. The lowest BCUT2D eigenvalue weighted by atomic mass is 10.2. The topological polar surface area (TPSA) is 78.1 Å². The SMILES string of the molecule is CCOc1cc(CNc2ccc3c(c2)OCCO3)c(Br)cc1OCC(=O)Nc1ccc(C)cc1. The number of halogens is 1. The van der Waals surface area contributed by atoms with Crippen LogP contribution in [0, 0.1) is 6.92 Å². The quantitative estimate of drug-likeness (QED) is 0.380. The monoisotopic (exact) mass is 526 g/mol. The zero-order valence-corrected chi connectivity index (χ0v) is 20.7. The molecule has 4 rings (SSSR count). The molecule has 0 bridgehead atoms. The van der Waals surface area contributed by atoms with Gasteiger partial charge >= 0.3 is 0 Å². The molecule has 8 heteroatoms. The number of amides is 1. The van der Waals surface area contributed by atoms with Crippen LogP contribution in [0.2, 0.25) is 0 Å². The van der Waals surface area contributed by atoms with Crippen LogP contribution in [0.15, 0.2) is 59.1 Å². The summed E-state index contributed by atoms with van der Waals surface area (Å²) in [7, 11) is 0. The smallest absolute Gasteiger partial charge is 0.262 e. The second-order valence-corrected chi connectivity index (χ2v) is 8.59. The zero-order chi connectivity index (χ0) is 23.9. The van der Waals surface area contributed by atoms with Crippen molar-refractivity contribution in [2.75, 3.05) is 37.1 Å². The Morgan fingerprint density at radius 2 is 1.65 bits per heavy atom. The number of hydrogen-bond donors (Lipinski definition) is 2. The zero-order valence-electron chi connectivity index (χ0n) is 19.2. The minimum atomic E-state index is -0.244. The van der Waals surface area contributed by atoms with Gasteiger partial charge in [0, 0.05) is 28.5 Å². The molecular weight excluding hydrogens is 500 g/mol. The molecule has 2 N–H and O–H groups in total. The first kappa shape index (κ1) is 23.8. The minimum Gasteiger partial charge on any atom is -0.490 e. The van der Waals surface area contributed by atoms with Crippen molar-refractivity contribution in [2.24, 2.45) is 0 Å². The largest absolute Gasteiger partial charge is 0.490 e. The van der Waals surface area contributed by atoms with Crippen molar-refractivity contribution in [1.82, 2.24) is 0 Å². The van der Waals surface area contributed by atoms with E-state index in [0.717, 1.165) is 38.5 Å². The Labute approximate surface area is 207 Å². The molecule has 0 spiro atoms. The maximum atomic E-state index is 12.3. The molecule has 1 heterocycles. The molecule has 0 aliphatic carbocycles. The molecular formula is C26H27BrN2O5. The molecule has 0 radical (unpaired) electrons. The van der Waals surface area contributed by atoms with Crippen molar-refractivity contribution in [3.05, 3.63) is 70.2 Å². The highest BCUT2D eigenvalue weighted by atomic mass is 79.9. The number of ether oxygens (including phenoxy) is 4. The summed E-state index contributed by atoms with van der Waals surface area (Å²) in [6.45, 7) is 5.91. The predicted molar refractivity (Wildman–Crippen MR) is 135 cm³/mol. The Morgan fingerprint density at radius 3 is 2.41 bits per heavy atom. The van der Waals surface area contributed by atoms with Crippen LogP contribution in [-0.4, -0.2) is 32.3 Å². The van der Waals surface area contributed by atoms with E-state index in [1.807, 2.05) is 68.4 Å². The number of nitrogens with one attached hydrogen (secondary N) is 2. The third-order valence-corrected chi connectivity index (χ3v) is 5.87. The average Bonchev–Trinajstić information content (AvgIpc) is 2.84. The third kappa shape index (κ3) is 6.14. The number of anilines is 2. The first-order valence-corrected chi connectivity index (χ1v) is 11.9. The summed E-state index contributed by atoms with van der Waals surface area (Å²) in [5, 5.41) is 6.23. The van der Waals surface area contributed by atoms with Gasteiger partial charge in [0.05, 0.1) is 6.61 Å². The molecule has 0 atom stereocenters. The molecule has 0 unspecified atom stereocenters. The Hall–Kier alpha value is -3.39. The van der Waals surface area contributed by atoms with E-state index in [4.69, 9.17) is 18.9 Å². The number of rotatable bonds is 9. The van der Waals surface area contributed by atoms with E-state index >= 15 is 0 Å². The summed E-state index contributed by atoms with van der Waals surface area (Å²) in [5.74, 6) is 2.32. The van der Waals surface area contributed by atoms with Gasteiger partial charge in [0.15, 0.2) is 29.6 Å². The van der Waals surface area contributed by atoms with Gasteiger partial charge in [0.25, 0.3) is 5.91 Å². The Morgan fingerprint density at radius 1 is 0.941 bits per heavy atom. The highest BCUT2D eigenvalue weighted by Gasteiger charge is 2.15. The maximum absolute atomic E-state index is 12.3. The standard InChI is InChI=1S/C26H27BrN2O5/c1-3-31-23-12-18(15-28-20-8-9-22-24(13-20)33-11-10-32-22)21(27)14-25(23)34-16-26(30)29-19-6-4-17(2)5-7-19/h4-9,12-14,28H,3,10-11,15-16H2,1-2H3,(H,29,30). The van der Waals surface area contributed by atoms with Gasteiger partial charge in [-0.05, 0) is 55.8 Å². The molecule has 0 saturated carbocycles. The number of hydrogen-bond acceptors (Lipinski definition) is 6. The van der Waals surface area contributed by atoms with Crippen LogP contribution in [0.3, 0.4) is 0 Å². The molecule has 0 saturated heterocycles. The van der Waals surface area contributed by atoms with Gasteiger partial charge in [0.2, 0.25) is 0 Å². The first-order valence-electron chi connectivity index (χ1n) is 11.1. The van der Waals surface area contributed by atoms with Crippen LogP contribution in [0.1, 0.15) is 18.1 Å². The molecule has 1 amide bonds. The third-order valence-electron chi connectivity index (χ3n) is 5.13. The average molecular weight is 527 g/mol. The highest BCUT2D eigenvalue weighted by molar-refractivity contribution is 9.10. The second kappa shape index (κ2) is 11.2. The molecule has 3 aromatic carbocycles. The van der Waals surface area contributed by atoms with Crippen molar-refractivity contribution in [3.8, 4) is 23.0 Å². The number of carbonyl (C=O) groups is 1. The van der Waals surface area contributed by atoms with Crippen LogP contribution >= 0.6 is 15.9 Å². The molecule has 7 nitrogen and oxygen atoms in total. The Balaban J connectivity index is 1.40. The van der Waals surface area contributed by atoms with Crippen molar-refractivity contribution in [2.45, 2.75) is 20.4 Å². The van der Waals surface area contributed by atoms with Crippen LogP contribution in [0.4, 0.5) is 11.4 Å². The van der Waals surface area contributed by atoms with Crippen LogP contribution in [0.5, 0.6) is 23.0 Å². The first-order chi connectivity index (χ1) is 16.5. The normalized spacial score (nSPS) is 12.1. The fraction of sp³-hybridized carbons (Fsp3) is 0.269. The van der Waals surface area contributed by atoms with E-state index < -0.39 is 0 Å². The Kier molecular flexibility index (Phi) is 7.80. The van der Waals surface area contributed by atoms with E-state index in [1.165, 1.54) is 0 Å². The van der Waals surface area contributed by atoms with Crippen molar-refractivity contribution < 1.29 is 23.7 Å².